The molecule has 1 unspecified atom stereocenters. The van der Waals surface area contributed by atoms with Crippen molar-refractivity contribution in [2.45, 2.75) is 36.2 Å². The molecule has 0 aliphatic heterocycles. The van der Waals surface area contributed by atoms with Crippen LogP contribution in [0, 0.1) is 0 Å². The second-order valence-electron chi connectivity index (χ2n) is 5.13. The van der Waals surface area contributed by atoms with Gasteiger partial charge in [0.2, 0.25) is 5.91 Å². The minimum Gasteiger partial charge on any atom is -0.352 e. The van der Waals surface area contributed by atoms with Gasteiger partial charge < -0.3 is 9.88 Å². The number of amides is 1. The average molecular weight is 310 g/mol. The fraction of sp³-hybridized carbons (Fsp3) is 0.429. The van der Waals surface area contributed by atoms with Crippen LogP contribution in [-0.2, 0) is 11.8 Å². The summed E-state index contributed by atoms with van der Waals surface area (Å²) < 4.78 is 2.00. The molecule has 1 aromatic carbocycles. The molecule has 1 saturated carbocycles. The number of hydrogen-bond donors (Lipinski definition) is 1. The first kappa shape index (κ1) is 13.8. The van der Waals surface area contributed by atoms with Gasteiger partial charge in [0.25, 0.3) is 0 Å². The van der Waals surface area contributed by atoms with E-state index in [-0.39, 0.29) is 11.2 Å². The molecule has 2 aromatic rings. The Morgan fingerprint density at radius 2 is 2.30 bits per heavy atom. The molecule has 0 radical (unpaired) electrons. The summed E-state index contributed by atoms with van der Waals surface area (Å²) in [5, 5.41) is 4.37. The minimum absolute atomic E-state index is 0.0857. The summed E-state index contributed by atoms with van der Waals surface area (Å²) in [6.07, 6.45) is 2.21. The lowest BCUT2D eigenvalue weighted by atomic mass is 10.3. The number of halogens is 1. The van der Waals surface area contributed by atoms with Crippen LogP contribution in [0.3, 0.4) is 0 Å². The van der Waals surface area contributed by atoms with E-state index in [0.29, 0.717) is 11.1 Å². The van der Waals surface area contributed by atoms with E-state index in [1.165, 1.54) is 11.8 Å². The van der Waals surface area contributed by atoms with Crippen LogP contribution in [0.5, 0.6) is 0 Å². The van der Waals surface area contributed by atoms with E-state index in [4.69, 9.17) is 11.6 Å². The van der Waals surface area contributed by atoms with Crippen LogP contribution in [0.4, 0.5) is 0 Å². The van der Waals surface area contributed by atoms with E-state index in [0.717, 1.165) is 29.0 Å². The maximum atomic E-state index is 12.0. The third kappa shape index (κ3) is 2.79. The van der Waals surface area contributed by atoms with Crippen molar-refractivity contribution in [2.24, 2.45) is 7.05 Å². The molecule has 3 rings (SSSR count). The molecule has 106 valence electrons. The van der Waals surface area contributed by atoms with Crippen molar-refractivity contribution in [2.75, 3.05) is 0 Å². The number of nitrogens with one attached hydrogen (secondary N) is 1. The summed E-state index contributed by atoms with van der Waals surface area (Å²) in [6, 6.07) is 6.03. The van der Waals surface area contributed by atoms with Gasteiger partial charge in [-0.25, -0.2) is 4.98 Å². The lowest BCUT2D eigenvalue weighted by Crippen LogP contribution is -2.32. The molecule has 0 spiro atoms. The molecule has 0 bridgehead atoms. The monoisotopic (exact) mass is 309 g/mol. The molecule has 1 amide bonds. The van der Waals surface area contributed by atoms with Crippen LogP contribution >= 0.6 is 23.4 Å². The van der Waals surface area contributed by atoms with Crippen molar-refractivity contribution in [1.29, 1.82) is 0 Å². The zero-order valence-electron chi connectivity index (χ0n) is 11.4. The largest absolute Gasteiger partial charge is 0.352 e. The Balaban J connectivity index is 1.79. The number of aryl methyl sites for hydroxylation is 1. The van der Waals surface area contributed by atoms with Gasteiger partial charge in [-0.1, -0.05) is 23.4 Å². The van der Waals surface area contributed by atoms with Crippen LogP contribution in [-0.4, -0.2) is 26.8 Å². The van der Waals surface area contributed by atoms with E-state index in [1.54, 1.807) is 0 Å². The van der Waals surface area contributed by atoms with Crippen molar-refractivity contribution in [3.8, 4) is 0 Å². The third-order valence-corrected chi connectivity index (χ3v) is 4.76. The first-order valence-corrected chi connectivity index (χ1v) is 7.89. The van der Waals surface area contributed by atoms with Crippen LogP contribution in [0.1, 0.15) is 19.8 Å². The number of carbonyl (C=O) groups is 1. The van der Waals surface area contributed by atoms with Crippen LogP contribution in [0.15, 0.2) is 23.4 Å². The molecular formula is C14H16ClN3OS. The lowest BCUT2D eigenvalue weighted by molar-refractivity contribution is -0.120. The lowest BCUT2D eigenvalue weighted by Gasteiger charge is -2.10. The highest BCUT2D eigenvalue weighted by Crippen LogP contribution is 2.28. The van der Waals surface area contributed by atoms with Crippen LogP contribution in [0.2, 0.25) is 5.02 Å². The Hall–Kier alpha value is -1.20. The van der Waals surface area contributed by atoms with E-state index < -0.39 is 0 Å². The molecule has 1 heterocycles. The smallest absolute Gasteiger partial charge is 0.233 e. The number of carbonyl (C=O) groups excluding carboxylic acids is 1. The van der Waals surface area contributed by atoms with Gasteiger partial charge in [0.15, 0.2) is 5.16 Å². The average Bonchev–Trinajstić information content (AvgIpc) is 3.16. The fourth-order valence-electron chi connectivity index (χ4n) is 2.01. The highest BCUT2D eigenvalue weighted by Gasteiger charge is 2.26. The molecule has 1 atom stereocenters. The van der Waals surface area contributed by atoms with Crippen LogP contribution < -0.4 is 5.32 Å². The highest BCUT2D eigenvalue weighted by molar-refractivity contribution is 8.00. The van der Waals surface area contributed by atoms with Crippen molar-refractivity contribution >= 4 is 40.3 Å². The Morgan fingerprint density at radius 3 is 3.00 bits per heavy atom. The van der Waals surface area contributed by atoms with Gasteiger partial charge in [-0.2, -0.15) is 0 Å². The summed E-state index contributed by atoms with van der Waals surface area (Å²) in [4.78, 5) is 16.5. The molecule has 1 aromatic heterocycles. The van der Waals surface area contributed by atoms with Gasteiger partial charge in [0.05, 0.1) is 16.3 Å². The summed E-state index contributed by atoms with van der Waals surface area (Å²) in [6.45, 7) is 1.91. The number of aromatic nitrogens is 2. The molecule has 0 saturated heterocycles. The number of hydrogen-bond acceptors (Lipinski definition) is 3. The second-order valence-corrected chi connectivity index (χ2v) is 6.87. The first-order chi connectivity index (χ1) is 9.54. The molecule has 1 aliphatic carbocycles. The number of imidazole rings is 1. The quantitative estimate of drug-likeness (QED) is 0.883. The fourth-order valence-corrected chi connectivity index (χ4v) is 3.08. The Labute approximate surface area is 126 Å². The van der Waals surface area contributed by atoms with Crippen molar-refractivity contribution in [3.05, 3.63) is 23.2 Å². The zero-order chi connectivity index (χ0) is 14.3. The SMILES string of the molecule is CC(Sc1nc2cc(Cl)ccc2n1C)C(=O)NC1CC1. The maximum absolute atomic E-state index is 12.0. The third-order valence-electron chi connectivity index (χ3n) is 3.38. The molecule has 1 N–H and O–H groups in total. The summed E-state index contributed by atoms with van der Waals surface area (Å²) >= 11 is 7.46. The van der Waals surface area contributed by atoms with Gasteiger partial charge >= 0.3 is 0 Å². The topological polar surface area (TPSA) is 46.9 Å². The van der Waals surface area contributed by atoms with E-state index in [1.807, 2.05) is 36.7 Å². The van der Waals surface area contributed by atoms with Gasteiger partial charge in [-0.3, -0.25) is 4.79 Å². The predicted molar refractivity (Wildman–Crippen MR) is 82.2 cm³/mol. The zero-order valence-corrected chi connectivity index (χ0v) is 13.0. The number of fused-ring (bicyclic) bond motifs is 1. The van der Waals surface area contributed by atoms with Gasteiger partial charge in [0, 0.05) is 18.1 Å². The Kier molecular flexibility index (Phi) is 3.65. The Bertz CT molecular complexity index is 666. The van der Waals surface area contributed by atoms with Gasteiger partial charge in [-0.05, 0) is 38.0 Å². The Morgan fingerprint density at radius 1 is 1.55 bits per heavy atom. The number of rotatable bonds is 4. The summed E-state index contributed by atoms with van der Waals surface area (Å²) in [7, 11) is 1.96. The number of thioether (sulfide) groups is 1. The second kappa shape index (κ2) is 5.30. The number of benzene rings is 1. The van der Waals surface area contributed by atoms with Gasteiger partial charge in [-0.15, -0.1) is 0 Å². The molecular weight excluding hydrogens is 294 g/mol. The van der Waals surface area contributed by atoms with Crippen molar-refractivity contribution < 1.29 is 4.79 Å². The van der Waals surface area contributed by atoms with E-state index >= 15 is 0 Å². The van der Waals surface area contributed by atoms with E-state index in [9.17, 15) is 4.79 Å². The standard InChI is InChI=1S/C14H16ClN3OS/c1-8(13(19)16-10-4-5-10)20-14-17-11-7-9(15)3-6-12(11)18(14)2/h3,6-8,10H,4-5H2,1-2H3,(H,16,19). The number of nitrogens with zero attached hydrogens (tertiary/aromatic N) is 2. The van der Waals surface area contributed by atoms with Gasteiger partial charge in [0.1, 0.15) is 0 Å². The summed E-state index contributed by atoms with van der Waals surface area (Å²) in [5.41, 5.74) is 1.88. The predicted octanol–water partition coefficient (Wildman–Crippen LogP) is 2.99. The van der Waals surface area contributed by atoms with Crippen molar-refractivity contribution in [3.63, 3.8) is 0 Å². The normalized spacial score (nSPS) is 16.4. The molecule has 1 fully saturated rings. The molecule has 6 heteroatoms. The molecule has 4 nitrogen and oxygen atoms in total. The maximum Gasteiger partial charge on any atom is 0.233 e. The summed E-state index contributed by atoms with van der Waals surface area (Å²) in [5.74, 6) is 0.0857. The van der Waals surface area contributed by atoms with E-state index in [2.05, 4.69) is 10.3 Å². The van der Waals surface area contributed by atoms with Crippen molar-refractivity contribution in [1.82, 2.24) is 14.9 Å². The molecule has 1 aliphatic rings. The minimum atomic E-state index is -0.151. The molecule has 20 heavy (non-hydrogen) atoms. The van der Waals surface area contributed by atoms with Crippen LogP contribution in [0.25, 0.3) is 11.0 Å². The highest BCUT2D eigenvalue weighted by atomic mass is 35.5. The first-order valence-electron chi connectivity index (χ1n) is 6.63.